The molecule has 0 aromatic heterocycles. The molecular formula is C16H17NO2S. The van der Waals surface area contributed by atoms with Gasteiger partial charge >= 0.3 is 0 Å². The molecule has 0 unspecified atom stereocenters. The third-order valence-corrected chi connectivity index (χ3v) is 3.36. The number of ether oxygens (including phenoxy) is 1. The Balaban J connectivity index is 2.13. The van der Waals surface area contributed by atoms with Gasteiger partial charge < -0.3 is 9.64 Å². The maximum absolute atomic E-state index is 12.3. The molecule has 20 heavy (non-hydrogen) atoms. The Bertz CT molecular complexity index is 596. The summed E-state index contributed by atoms with van der Waals surface area (Å²) in [6.45, 7) is 0.505. The van der Waals surface area contributed by atoms with Gasteiger partial charge in [-0.15, -0.1) is 12.6 Å². The number of carbonyl (C=O) groups excluding carboxylic acids is 1. The van der Waals surface area contributed by atoms with E-state index in [4.69, 9.17) is 4.74 Å². The number of methoxy groups -OCH3 is 1. The number of para-hydroxylation sites is 1. The molecule has 0 radical (unpaired) electrons. The minimum absolute atomic E-state index is 0.0239. The fourth-order valence-corrected chi connectivity index (χ4v) is 2.13. The van der Waals surface area contributed by atoms with Gasteiger partial charge in [0.1, 0.15) is 5.75 Å². The van der Waals surface area contributed by atoms with Crippen molar-refractivity contribution in [2.45, 2.75) is 11.4 Å². The van der Waals surface area contributed by atoms with Crippen LogP contribution < -0.4 is 4.74 Å². The number of carbonyl (C=O) groups is 1. The average molecular weight is 287 g/mol. The summed E-state index contributed by atoms with van der Waals surface area (Å²) in [6, 6.07) is 14.9. The van der Waals surface area contributed by atoms with Crippen LogP contribution in [0.2, 0.25) is 0 Å². The fraction of sp³-hybridized carbons (Fsp3) is 0.188. The highest BCUT2D eigenvalue weighted by molar-refractivity contribution is 7.80. The summed E-state index contributed by atoms with van der Waals surface area (Å²) in [4.78, 5) is 14.8. The van der Waals surface area contributed by atoms with E-state index in [-0.39, 0.29) is 5.91 Å². The maximum atomic E-state index is 12.3. The van der Waals surface area contributed by atoms with E-state index in [9.17, 15) is 4.79 Å². The number of rotatable bonds is 4. The number of hydrogen-bond donors (Lipinski definition) is 1. The molecule has 2 aromatic carbocycles. The van der Waals surface area contributed by atoms with Crippen LogP contribution in [-0.4, -0.2) is 25.0 Å². The number of benzene rings is 2. The summed E-state index contributed by atoms with van der Waals surface area (Å²) in [6.07, 6.45) is 0. The summed E-state index contributed by atoms with van der Waals surface area (Å²) < 4.78 is 5.30. The molecule has 3 nitrogen and oxygen atoms in total. The molecule has 0 bridgehead atoms. The summed E-state index contributed by atoms with van der Waals surface area (Å²) in [5, 5.41) is 0. The Kier molecular flexibility index (Phi) is 4.69. The van der Waals surface area contributed by atoms with E-state index in [0.717, 1.165) is 16.2 Å². The molecule has 0 aliphatic rings. The smallest absolute Gasteiger partial charge is 0.253 e. The summed E-state index contributed by atoms with van der Waals surface area (Å²) >= 11 is 4.22. The zero-order valence-corrected chi connectivity index (χ0v) is 12.4. The van der Waals surface area contributed by atoms with Gasteiger partial charge in [0.2, 0.25) is 0 Å². The Labute approximate surface area is 124 Å². The molecule has 104 valence electrons. The van der Waals surface area contributed by atoms with Gasteiger partial charge in [-0.1, -0.05) is 18.2 Å². The van der Waals surface area contributed by atoms with Crippen LogP contribution in [-0.2, 0) is 6.54 Å². The SMILES string of the molecule is COc1ccccc1CN(C)C(=O)c1ccc(S)cc1. The highest BCUT2D eigenvalue weighted by Gasteiger charge is 2.13. The van der Waals surface area contributed by atoms with Gasteiger partial charge in [0, 0.05) is 29.6 Å². The van der Waals surface area contributed by atoms with Crippen LogP contribution in [0, 0.1) is 0 Å². The first-order valence-corrected chi connectivity index (χ1v) is 6.73. The first kappa shape index (κ1) is 14.5. The van der Waals surface area contributed by atoms with E-state index in [0.29, 0.717) is 12.1 Å². The van der Waals surface area contributed by atoms with Gasteiger partial charge in [0.25, 0.3) is 5.91 Å². The first-order valence-electron chi connectivity index (χ1n) is 6.28. The van der Waals surface area contributed by atoms with Gasteiger partial charge in [0.15, 0.2) is 0 Å². The molecule has 0 spiro atoms. The maximum Gasteiger partial charge on any atom is 0.253 e. The third-order valence-electron chi connectivity index (χ3n) is 3.06. The molecule has 0 atom stereocenters. The Morgan fingerprint density at radius 1 is 1.15 bits per heavy atom. The topological polar surface area (TPSA) is 29.5 Å². The van der Waals surface area contributed by atoms with E-state index in [1.165, 1.54) is 0 Å². The van der Waals surface area contributed by atoms with Gasteiger partial charge in [-0.2, -0.15) is 0 Å². The van der Waals surface area contributed by atoms with Crippen LogP contribution >= 0.6 is 12.6 Å². The minimum Gasteiger partial charge on any atom is -0.496 e. The zero-order valence-electron chi connectivity index (χ0n) is 11.5. The average Bonchev–Trinajstić information content (AvgIpc) is 2.48. The number of hydrogen-bond acceptors (Lipinski definition) is 3. The first-order chi connectivity index (χ1) is 9.61. The second kappa shape index (κ2) is 6.48. The minimum atomic E-state index is -0.0239. The van der Waals surface area contributed by atoms with Crippen LogP contribution in [0.5, 0.6) is 5.75 Å². The molecule has 0 heterocycles. The predicted octanol–water partition coefficient (Wildman–Crippen LogP) is 3.26. The van der Waals surface area contributed by atoms with Gasteiger partial charge in [-0.25, -0.2) is 0 Å². The second-order valence-corrected chi connectivity index (χ2v) is 5.04. The third kappa shape index (κ3) is 3.33. The monoisotopic (exact) mass is 287 g/mol. The van der Waals surface area contributed by atoms with Crippen LogP contribution in [0.4, 0.5) is 0 Å². The van der Waals surface area contributed by atoms with E-state index < -0.39 is 0 Å². The molecule has 0 aliphatic heterocycles. The van der Waals surface area contributed by atoms with Crippen molar-refractivity contribution in [2.24, 2.45) is 0 Å². The lowest BCUT2D eigenvalue weighted by molar-refractivity contribution is 0.0784. The highest BCUT2D eigenvalue weighted by atomic mass is 32.1. The normalized spacial score (nSPS) is 10.2. The summed E-state index contributed by atoms with van der Waals surface area (Å²) in [5.74, 6) is 0.766. The molecule has 2 aromatic rings. The van der Waals surface area contributed by atoms with Gasteiger partial charge in [-0.05, 0) is 30.3 Å². The molecular weight excluding hydrogens is 270 g/mol. The van der Waals surface area contributed by atoms with Crippen molar-refractivity contribution in [3.05, 3.63) is 59.7 Å². The zero-order chi connectivity index (χ0) is 14.5. The lowest BCUT2D eigenvalue weighted by Crippen LogP contribution is -2.26. The number of thiol groups is 1. The largest absolute Gasteiger partial charge is 0.496 e. The molecule has 0 N–H and O–H groups in total. The molecule has 1 amide bonds. The van der Waals surface area contributed by atoms with Crippen LogP contribution in [0.25, 0.3) is 0 Å². The molecule has 0 fully saturated rings. The van der Waals surface area contributed by atoms with Crippen LogP contribution in [0.3, 0.4) is 0 Å². The van der Waals surface area contributed by atoms with E-state index in [1.54, 1.807) is 31.2 Å². The molecule has 0 aliphatic carbocycles. The van der Waals surface area contributed by atoms with E-state index >= 15 is 0 Å². The fourth-order valence-electron chi connectivity index (χ4n) is 1.99. The van der Waals surface area contributed by atoms with E-state index in [2.05, 4.69) is 12.6 Å². The summed E-state index contributed by atoms with van der Waals surface area (Å²) in [7, 11) is 3.41. The number of amides is 1. The summed E-state index contributed by atoms with van der Waals surface area (Å²) in [5.41, 5.74) is 1.64. The van der Waals surface area contributed by atoms with Crippen molar-refractivity contribution < 1.29 is 9.53 Å². The van der Waals surface area contributed by atoms with Gasteiger partial charge in [0.05, 0.1) is 7.11 Å². The Hall–Kier alpha value is -1.94. The molecule has 0 saturated heterocycles. The highest BCUT2D eigenvalue weighted by Crippen LogP contribution is 2.19. The molecule has 2 rings (SSSR count). The van der Waals surface area contributed by atoms with Crippen molar-refractivity contribution >= 4 is 18.5 Å². The lowest BCUT2D eigenvalue weighted by Gasteiger charge is -2.19. The van der Waals surface area contributed by atoms with Gasteiger partial charge in [-0.3, -0.25) is 4.79 Å². The lowest BCUT2D eigenvalue weighted by atomic mass is 10.1. The van der Waals surface area contributed by atoms with Crippen molar-refractivity contribution in [1.82, 2.24) is 4.90 Å². The quantitative estimate of drug-likeness (QED) is 0.875. The molecule has 0 saturated carbocycles. The number of nitrogens with zero attached hydrogens (tertiary/aromatic N) is 1. The Morgan fingerprint density at radius 2 is 1.80 bits per heavy atom. The van der Waals surface area contributed by atoms with Crippen molar-refractivity contribution in [2.75, 3.05) is 14.2 Å². The molecule has 4 heteroatoms. The van der Waals surface area contributed by atoms with Crippen LogP contribution in [0.15, 0.2) is 53.4 Å². The second-order valence-electron chi connectivity index (χ2n) is 4.52. The standard InChI is InChI=1S/C16H17NO2S/c1-17(11-13-5-3-4-6-15(13)19-2)16(18)12-7-9-14(20)10-8-12/h3-10,20H,11H2,1-2H3. The Morgan fingerprint density at radius 3 is 2.45 bits per heavy atom. The van der Waals surface area contributed by atoms with Crippen molar-refractivity contribution in [3.63, 3.8) is 0 Å². The predicted molar refractivity (Wildman–Crippen MR) is 82.5 cm³/mol. The van der Waals surface area contributed by atoms with Crippen molar-refractivity contribution in [3.8, 4) is 5.75 Å². The van der Waals surface area contributed by atoms with Crippen molar-refractivity contribution in [1.29, 1.82) is 0 Å². The van der Waals surface area contributed by atoms with Crippen LogP contribution in [0.1, 0.15) is 15.9 Å². The van der Waals surface area contributed by atoms with E-state index in [1.807, 2.05) is 36.4 Å².